The van der Waals surface area contributed by atoms with Crippen molar-refractivity contribution in [1.29, 1.82) is 0 Å². The van der Waals surface area contributed by atoms with Gasteiger partial charge in [0.25, 0.3) is 0 Å². The summed E-state index contributed by atoms with van der Waals surface area (Å²) in [6, 6.07) is 7.71. The Labute approximate surface area is 147 Å². The minimum Gasteiger partial charge on any atom is -0.395 e. The van der Waals surface area contributed by atoms with Crippen LogP contribution in [0.2, 0.25) is 0 Å². The van der Waals surface area contributed by atoms with Gasteiger partial charge in [-0.1, -0.05) is 30.3 Å². The zero-order chi connectivity index (χ0) is 18.4. The Balaban J connectivity index is 1.95. The SMILES string of the molecule is CCN(CCCc1ccccc1)C(=O)[C@H]1N[C@H](CO)[C@H](F)[C@H](O)[C@@H]1O. The smallest absolute Gasteiger partial charge is 0.242 e. The number of rotatable bonds is 7. The number of hydrogen-bond acceptors (Lipinski definition) is 5. The quantitative estimate of drug-likeness (QED) is 0.547. The molecule has 1 aromatic rings. The molecule has 0 bridgehead atoms. The second-order valence-electron chi connectivity index (χ2n) is 6.37. The Kier molecular flexibility index (Phi) is 7.31. The fourth-order valence-corrected chi connectivity index (χ4v) is 3.16. The lowest BCUT2D eigenvalue weighted by atomic mass is 9.90. The van der Waals surface area contributed by atoms with Gasteiger partial charge >= 0.3 is 0 Å². The van der Waals surface area contributed by atoms with E-state index in [4.69, 9.17) is 0 Å². The molecule has 4 N–H and O–H groups in total. The number of aliphatic hydroxyl groups is 3. The predicted octanol–water partition coefficient (Wildman–Crippen LogP) is -0.140. The first-order valence-corrected chi connectivity index (χ1v) is 8.69. The summed E-state index contributed by atoms with van der Waals surface area (Å²) in [5.74, 6) is -0.396. The van der Waals surface area contributed by atoms with E-state index in [1.807, 2.05) is 37.3 Å². The van der Waals surface area contributed by atoms with Gasteiger partial charge in [-0.3, -0.25) is 10.1 Å². The van der Waals surface area contributed by atoms with Crippen molar-refractivity contribution < 1.29 is 24.5 Å². The number of hydrogen-bond donors (Lipinski definition) is 4. The molecule has 1 fully saturated rings. The Morgan fingerprint density at radius 1 is 1.24 bits per heavy atom. The van der Waals surface area contributed by atoms with Gasteiger partial charge in [0.15, 0.2) is 0 Å². The van der Waals surface area contributed by atoms with Crippen LogP contribution in [0.3, 0.4) is 0 Å². The van der Waals surface area contributed by atoms with Crippen molar-refractivity contribution in [3.63, 3.8) is 0 Å². The molecule has 140 valence electrons. The Morgan fingerprint density at radius 2 is 1.92 bits per heavy atom. The van der Waals surface area contributed by atoms with E-state index in [9.17, 15) is 24.5 Å². The van der Waals surface area contributed by atoms with Crippen molar-refractivity contribution in [3.8, 4) is 0 Å². The number of nitrogens with zero attached hydrogens (tertiary/aromatic N) is 1. The molecular formula is C18H27FN2O4. The highest BCUT2D eigenvalue weighted by Crippen LogP contribution is 2.20. The Hall–Kier alpha value is -1.54. The van der Waals surface area contributed by atoms with Crippen LogP contribution in [-0.4, -0.2) is 76.3 Å². The maximum absolute atomic E-state index is 13.8. The normalized spacial score (nSPS) is 29.4. The summed E-state index contributed by atoms with van der Waals surface area (Å²) in [6.07, 6.45) is -3.50. The molecule has 1 aliphatic rings. The highest BCUT2D eigenvalue weighted by molar-refractivity contribution is 5.83. The van der Waals surface area contributed by atoms with Gasteiger partial charge in [0.2, 0.25) is 5.91 Å². The molecule has 0 saturated carbocycles. The molecule has 0 spiro atoms. The molecule has 1 amide bonds. The fourth-order valence-electron chi connectivity index (χ4n) is 3.16. The van der Waals surface area contributed by atoms with Crippen molar-refractivity contribution in [1.82, 2.24) is 10.2 Å². The van der Waals surface area contributed by atoms with Gasteiger partial charge in [0.1, 0.15) is 24.4 Å². The lowest BCUT2D eigenvalue weighted by molar-refractivity contribution is -0.147. The zero-order valence-electron chi connectivity index (χ0n) is 14.4. The van der Waals surface area contributed by atoms with E-state index in [0.717, 1.165) is 12.8 Å². The van der Waals surface area contributed by atoms with Crippen molar-refractivity contribution in [2.75, 3.05) is 19.7 Å². The van der Waals surface area contributed by atoms with E-state index < -0.39 is 43.0 Å². The van der Waals surface area contributed by atoms with E-state index in [1.165, 1.54) is 5.56 Å². The predicted molar refractivity (Wildman–Crippen MR) is 91.7 cm³/mol. The maximum atomic E-state index is 13.8. The lowest BCUT2D eigenvalue weighted by Crippen LogP contribution is -2.68. The summed E-state index contributed by atoms with van der Waals surface area (Å²) >= 11 is 0. The molecule has 0 radical (unpaired) electrons. The molecule has 1 aliphatic heterocycles. The topological polar surface area (TPSA) is 93.0 Å². The van der Waals surface area contributed by atoms with Gasteiger partial charge in [0.05, 0.1) is 12.6 Å². The first-order valence-electron chi connectivity index (χ1n) is 8.69. The minimum absolute atomic E-state index is 0.396. The summed E-state index contributed by atoms with van der Waals surface area (Å²) in [6.45, 7) is 2.20. The van der Waals surface area contributed by atoms with Gasteiger partial charge in [0, 0.05) is 13.1 Å². The zero-order valence-corrected chi connectivity index (χ0v) is 14.4. The first-order chi connectivity index (χ1) is 12.0. The summed E-state index contributed by atoms with van der Waals surface area (Å²) < 4.78 is 13.8. The fraction of sp³-hybridized carbons (Fsp3) is 0.611. The van der Waals surface area contributed by atoms with Gasteiger partial charge in [-0.05, 0) is 25.3 Å². The van der Waals surface area contributed by atoms with Crippen molar-refractivity contribution in [3.05, 3.63) is 35.9 Å². The Morgan fingerprint density at radius 3 is 2.52 bits per heavy atom. The number of amides is 1. The molecule has 0 aromatic heterocycles. The van der Waals surface area contributed by atoms with E-state index >= 15 is 0 Å². The number of aliphatic hydroxyl groups excluding tert-OH is 3. The number of benzene rings is 1. The third kappa shape index (κ3) is 4.76. The molecule has 5 atom stereocenters. The first kappa shape index (κ1) is 19.8. The number of alkyl halides is 1. The molecule has 1 saturated heterocycles. The van der Waals surface area contributed by atoms with E-state index in [2.05, 4.69) is 5.32 Å². The van der Waals surface area contributed by atoms with Crippen LogP contribution in [-0.2, 0) is 11.2 Å². The van der Waals surface area contributed by atoms with E-state index in [-0.39, 0.29) is 0 Å². The van der Waals surface area contributed by atoms with Crippen LogP contribution >= 0.6 is 0 Å². The van der Waals surface area contributed by atoms with Crippen LogP contribution in [0.5, 0.6) is 0 Å². The number of halogens is 1. The maximum Gasteiger partial charge on any atom is 0.242 e. The number of nitrogens with one attached hydrogen (secondary N) is 1. The number of carbonyl (C=O) groups is 1. The molecule has 1 aromatic carbocycles. The average Bonchev–Trinajstić information content (AvgIpc) is 2.64. The summed E-state index contributed by atoms with van der Waals surface area (Å²) in [5, 5.41) is 31.7. The third-order valence-electron chi connectivity index (χ3n) is 4.69. The summed E-state index contributed by atoms with van der Waals surface area (Å²) in [7, 11) is 0. The van der Waals surface area contributed by atoms with Crippen molar-refractivity contribution in [2.45, 2.75) is 50.2 Å². The number of likely N-dealkylation sites (N-methyl/N-ethyl adjacent to an activating group) is 1. The van der Waals surface area contributed by atoms with Gasteiger partial charge in [-0.15, -0.1) is 0 Å². The van der Waals surface area contributed by atoms with Gasteiger partial charge < -0.3 is 20.2 Å². The minimum atomic E-state index is -1.82. The molecule has 0 aliphatic carbocycles. The summed E-state index contributed by atoms with van der Waals surface area (Å²) in [5.41, 5.74) is 1.18. The van der Waals surface area contributed by atoms with Crippen molar-refractivity contribution in [2.24, 2.45) is 0 Å². The van der Waals surface area contributed by atoms with Crippen LogP contribution < -0.4 is 5.32 Å². The van der Waals surface area contributed by atoms with Gasteiger partial charge in [-0.25, -0.2) is 4.39 Å². The second kappa shape index (κ2) is 9.24. The molecule has 7 heteroatoms. The van der Waals surface area contributed by atoms with E-state index in [0.29, 0.717) is 13.1 Å². The summed E-state index contributed by atoms with van der Waals surface area (Å²) in [4.78, 5) is 14.3. The molecule has 25 heavy (non-hydrogen) atoms. The largest absolute Gasteiger partial charge is 0.395 e. The van der Waals surface area contributed by atoms with Gasteiger partial charge in [-0.2, -0.15) is 0 Å². The van der Waals surface area contributed by atoms with Crippen molar-refractivity contribution >= 4 is 5.91 Å². The number of carbonyl (C=O) groups excluding carboxylic acids is 1. The number of aryl methyl sites for hydroxylation is 1. The second-order valence-corrected chi connectivity index (χ2v) is 6.37. The molecular weight excluding hydrogens is 327 g/mol. The Bertz CT molecular complexity index is 543. The van der Waals surface area contributed by atoms with Crippen LogP contribution in [0.15, 0.2) is 30.3 Å². The third-order valence-corrected chi connectivity index (χ3v) is 4.69. The highest BCUT2D eigenvalue weighted by atomic mass is 19.1. The molecule has 0 unspecified atom stereocenters. The van der Waals surface area contributed by atoms with E-state index in [1.54, 1.807) is 4.90 Å². The van der Waals surface area contributed by atoms with Crippen LogP contribution in [0.1, 0.15) is 18.9 Å². The van der Waals surface area contributed by atoms with Crippen LogP contribution in [0.25, 0.3) is 0 Å². The monoisotopic (exact) mass is 354 g/mol. The molecule has 6 nitrogen and oxygen atoms in total. The average molecular weight is 354 g/mol. The molecule has 1 heterocycles. The lowest BCUT2D eigenvalue weighted by Gasteiger charge is -2.40. The number of piperidine rings is 1. The standard InChI is InChI=1S/C18H27FN2O4/c1-2-21(10-6-9-12-7-4-3-5-8-12)18(25)15-17(24)16(23)14(19)13(11-22)20-15/h3-5,7-8,13-17,20,22-24H,2,6,9-11H2,1H3/t13-,14+,15+,16+,17-/m1/s1. The molecule has 2 rings (SSSR count). The van der Waals surface area contributed by atoms with Crippen LogP contribution in [0.4, 0.5) is 4.39 Å². The van der Waals surface area contributed by atoms with Crippen LogP contribution in [0, 0.1) is 0 Å². The highest BCUT2D eigenvalue weighted by Gasteiger charge is 2.46.